The molecule has 15 heavy (non-hydrogen) atoms. The van der Waals surface area contributed by atoms with Crippen LogP contribution in [0.5, 0.6) is 0 Å². The molecule has 80 valence electrons. The standard InChI is InChI=1S/C10H12N2O2S/c11-6-7-1-3-12-8(5-7)10(14)9(13)2-4-15/h1,3,5,9-10,13-15H,2,4H2. The lowest BCUT2D eigenvalue weighted by molar-refractivity contribution is 0.0147. The van der Waals surface area contributed by atoms with E-state index in [-0.39, 0.29) is 0 Å². The zero-order valence-electron chi connectivity index (χ0n) is 8.04. The summed E-state index contributed by atoms with van der Waals surface area (Å²) in [5.41, 5.74) is 0.723. The Kier molecular flexibility index (Phi) is 4.56. The van der Waals surface area contributed by atoms with Gasteiger partial charge in [-0.05, 0) is 24.3 Å². The third-order valence-electron chi connectivity index (χ3n) is 2.00. The van der Waals surface area contributed by atoms with E-state index in [1.807, 2.05) is 6.07 Å². The molecule has 0 spiro atoms. The molecule has 0 saturated heterocycles. The first-order valence-electron chi connectivity index (χ1n) is 4.52. The molecule has 1 heterocycles. The van der Waals surface area contributed by atoms with Gasteiger partial charge in [0, 0.05) is 6.20 Å². The van der Waals surface area contributed by atoms with Crippen LogP contribution in [-0.2, 0) is 0 Å². The average Bonchev–Trinajstić information content (AvgIpc) is 2.28. The summed E-state index contributed by atoms with van der Waals surface area (Å²) >= 11 is 3.96. The Bertz CT molecular complexity index is 365. The highest BCUT2D eigenvalue weighted by molar-refractivity contribution is 7.80. The lowest BCUT2D eigenvalue weighted by Crippen LogP contribution is -2.19. The van der Waals surface area contributed by atoms with Gasteiger partial charge in [0.15, 0.2) is 0 Å². The van der Waals surface area contributed by atoms with Crippen LogP contribution in [0.4, 0.5) is 0 Å². The Balaban J connectivity index is 2.82. The fraction of sp³-hybridized carbons (Fsp3) is 0.400. The van der Waals surface area contributed by atoms with Crippen LogP contribution in [-0.4, -0.2) is 27.1 Å². The minimum absolute atomic E-state index is 0.309. The predicted molar refractivity (Wildman–Crippen MR) is 58.4 cm³/mol. The molecule has 0 radical (unpaired) electrons. The molecule has 2 atom stereocenters. The van der Waals surface area contributed by atoms with Crippen molar-refractivity contribution >= 4 is 12.6 Å². The molecule has 0 aliphatic rings. The van der Waals surface area contributed by atoms with E-state index in [2.05, 4.69) is 17.6 Å². The molecule has 1 rings (SSSR count). The van der Waals surface area contributed by atoms with Crippen LogP contribution in [0, 0.1) is 11.3 Å². The van der Waals surface area contributed by atoms with Gasteiger partial charge >= 0.3 is 0 Å². The summed E-state index contributed by atoms with van der Waals surface area (Å²) in [5.74, 6) is 0.482. The van der Waals surface area contributed by atoms with Gasteiger partial charge in [0.1, 0.15) is 6.10 Å². The monoisotopic (exact) mass is 224 g/mol. The first-order valence-corrected chi connectivity index (χ1v) is 5.15. The molecule has 0 aromatic carbocycles. The van der Waals surface area contributed by atoms with E-state index in [0.29, 0.717) is 23.4 Å². The Morgan fingerprint density at radius 2 is 2.27 bits per heavy atom. The highest BCUT2D eigenvalue weighted by Crippen LogP contribution is 2.17. The SMILES string of the molecule is N#Cc1ccnc(C(O)C(O)CCS)c1. The van der Waals surface area contributed by atoms with E-state index in [9.17, 15) is 10.2 Å². The molecular weight excluding hydrogens is 212 g/mol. The van der Waals surface area contributed by atoms with Crippen molar-refractivity contribution in [3.8, 4) is 6.07 Å². The summed E-state index contributed by atoms with van der Waals surface area (Å²) in [7, 11) is 0. The van der Waals surface area contributed by atoms with Crippen molar-refractivity contribution < 1.29 is 10.2 Å². The Labute approximate surface area is 93.6 Å². The number of aliphatic hydroxyl groups is 2. The number of hydrogen-bond donors (Lipinski definition) is 3. The molecule has 0 aliphatic heterocycles. The number of hydrogen-bond acceptors (Lipinski definition) is 5. The molecule has 1 aromatic rings. The molecule has 2 N–H and O–H groups in total. The topological polar surface area (TPSA) is 77.1 Å². The number of nitrogens with zero attached hydrogens (tertiary/aromatic N) is 2. The predicted octanol–water partition coefficient (Wildman–Crippen LogP) is 0.667. The van der Waals surface area contributed by atoms with Gasteiger partial charge in [-0.25, -0.2) is 0 Å². The fourth-order valence-corrected chi connectivity index (χ4v) is 1.43. The van der Waals surface area contributed by atoms with Crippen molar-refractivity contribution in [1.29, 1.82) is 5.26 Å². The summed E-state index contributed by atoms with van der Waals surface area (Å²) in [6.45, 7) is 0. The number of aromatic nitrogens is 1. The van der Waals surface area contributed by atoms with Crippen LogP contribution in [0.25, 0.3) is 0 Å². The Morgan fingerprint density at radius 1 is 1.53 bits per heavy atom. The zero-order chi connectivity index (χ0) is 11.3. The summed E-state index contributed by atoms with van der Waals surface area (Å²) in [6, 6.07) is 4.95. The molecule has 2 unspecified atom stereocenters. The van der Waals surface area contributed by atoms with Crippen molar-refractivity contribution in [2.24, 2.45) is 0 Å². The van der Waals surface area contributed by atoms with Crippen LogP contribution in [0.1, 0.15) is 23.8 Å². The van der Waals surface area contributed by atoms with Crippen LogP contribution in [0.3, 0.4) is 0 Å². The van der Waals surface area contributed by atoms with E-state index in [1.165, 1.54) is 12.3 Å². The van der Waals surface area contributed by atoms with Gasteiger partial charge in [0.25, 0.3) is 0 Å². The second-order valence-corrected chi connectivity index (χ2v) is 3.55. The van der Waals surface area contributed by atoms with E-state index in [4.69, 9.17) is 5.26 Å². The van der Waals surface area contributed by atoms with Gasteiger partial charge in [-0.2, -0.15) is 17.9 Å². The summed E-state index contributed by atoms with van der Waals surface area (Å²) in [5, 5.41) is 27.8. The lowest BCUT2D eigenvalue weighted by atomic mass is 10.1. The van der Waals surface area contributed by atoms with Crippen LogP contribution in [0.2, 0.25) is 0 Å². The smallest absolute Gasteiger partial charge is 0.122 e. The van der Waals surface area contributed by atoms with Crippen LogP contribution in [0.15, 0.2) is 18.3 Å². The van der Waals surface area contributed by atoms with E-state index in [1.54, 1.807) is 6.07 Å². The summed E-state index contributed by atoms with van der Waals surface area (Å²) in [6.07, 6.45) is -0.151. The van der Waals surface area contributed by atoms with Crippen molar-refractivity contribution in [3.05, 3.63) is 29.6 Å². The fourth-order valence-electron chi connectivity index (χ4n) is 1.17. The minimum Gasteiger partial charge on any atom is -0.390 e. The number of aliphatic hydroxyl groups excluding tert-OH is 2. The maximum atomic E-state index is 9.68. The average molecular weight is 224 g/mol. The van der Waals surface area contributed by atoms with Crippen molar-refractivity contribution in [2.45, 2.75) is 18.6 Å². The molecule has 5 heteroatoms. The van der Waals surface area contributed by atoms with Crippen molar-refractivity contribution in [1.82, 2.24) is 4.98 Å². The highest BCUT2D eigenvalue weighted by atomic mass is 32.1. The molecule has 0 amide bonds. The van der Waals surface area contributed by atoms with E-state index in [0.717, 1.165) is 0 Å². The number of nitriles is 1. The van der Waals surface area contributed by atoms with E-state index >= 15 is 0 Å². The van der Waals surface area contributed by atoms with Gasteiger partial charge in [-0.1, -0.05) is 0 Å². The van der Waals surface area contributed by atoms with Gasteiger partial charge in [0.2, 0.25) is 0 Å². The third kappa shape index (κ3) is 3.20. The van der Waals surface area contributed by atoms with Gasteiger partial charge in [0.05, 0.1) is 23.4 Å². The van der Waals surface area contributed by atoms with Gasteiger partial charge in [-0.15, -0.1) is 0 Å². The second kappa shape index (κ2) is 5.71. The van der Waals surface area contributed by atoms with Crippen molar-refractivity contribution in [2.75, 3.05) is 5.75 Å². The zero-order valence-corrected chi connectivity index (χ0v) is 8.93. The molecular formula is C10H12N2O2S. The van der Waals surface area contributed by atoms with Gasteiger partial charge < -0.3 is 10.2 Å². The largest absolute Gasteiger partial charge is 0.390 e. The molecule has 0 fully saturated rings. The van der Waals surface area contributed by atoms with Gasteiger partial charge in [-0.3, -0.25) is 4.98 Å². The lowest BCUT2D eigenvalue weighted by Gasteiger charge is -2.16. The molecule has 0 bridgehead atoms. The first-order chi connectivity index (χ1) is 7.19. The summed E-state index contributed by atoms with van der Waals surface area (Å²) < 4.78 is 0. The quantitative estimate of drug-likeness (QED) is 0.657. The Morgan fingerprint density at radius 3 is 2.87 bits per heavy atom. The number of thiol groups is 1. The first kappa shape index (κ1) is 12.0. The molecule has 4 nitrogen and oxygen atoms in total. The van der Waals surface area contributed by atoms with Crippen LogP contribution >= 0.6 is 12.6 Å². The minimum atomic E-state index is -1.06. The molecule has 0 saturated carbocycles. The maximum Gasteiger partial charge on any atom is 0.122 e. The number of rotatable bonds is 4. The summed E-state index contributed by atoms with van der Waals surface area (Å²) in [4.78, 5) is 3.90. The highest BCUT2D eigenvalue weighted by Gasteiger charge is 2.18. The van der Waals surface area contributed by atoms with Crippen LogP contribution < -0.4 is 0 Å². The van der Waals surface area contributed by atoms with Crippen molar-refractivity contribution in [3.63, 3.8) is 0 Å². The Hall–Kier alpha value is -1.09. The molecule has 1 aromatic heterocycles. The second-order valence-electron chi connectivity index (χ2n) is 3.11. The van der Waals surface area contributed by atoms with E-state index < -0.39 is 12.2 Å². The third-order valence-corrected chi connectivity index (χ3v) is 2.26. The normalized spacial score (nSPS) is 14.3. The molecule has 0 aliphatic carbocycles. The maximum absolute atomic E-state index is 9.68. The number of pyridine rings is 1.